The summed E-state index contributed by atoms with van der Waals surface area (Å²) in [4.78, 5) is 0. The summed E-state index contributed by atoms with van der Waals surface area (Å²) >= 11 is 0. The van der Waals surface area contributed by atoms with E-state index in [0.717, 1.165) is 5.56 Å². The van der Waals surface area contributed by atoms with Gasteiger partial charge < -0.3 is 15.0 Å². The Bertz CT molecular complexity index is 472. The van der Waals surface area contributed by atoms with Gasteiger partial charge in [-0.2, -0.15) is 0 Å². The van der Waals surface area contributed by atoms with E-state index in [9.17, 15) is 4.39 Å². The molecular weight excluding hydrogens is 232 g/mol. The molecule has 0 bridgehead atoms. The average Bonchev–Trinajstić information content (AvgIpc) is 2.42. The molecule has 1 aromatic carbocycles. The van der Waals surface area contributed by atoms with Crippen LogP contribution in [0.15, 0.2) is 12.1 Å². The summed E-state index contributed by atoms with van der Waals surface area (Å²) in [5, 5.41) is 0. The van der Waals surface area contributed by atoms with Crippen LogP contribution in [0.1, 0.15) is 33.3 Å². The molecule has 0 atom stereocenters. The first kappa shape index (κ1) is 13.4. The van der Waals surface area contributed by atoms with E-state index >= 15 is 0 Å². The highest BCUT2D eigenvalue weighted by Crippen LogP contribution is 2.36. The maximum atomic E-state index is 13.6. The van der Waals surface area contributed by atoms with E-state index in [1.54, 1.807) is 6.07 Å². The maximum absolute atomic E-state index is 13.6. The van der Waals surface area contributed by atoms with Crippen molar-refractivity contribution in [3.8, 4) is 0 Å². The third-order valence-corrected chi connectivity index (χ3v) is 3.89. The highest BCUT2D eigenvalue weighted by atomic mass is 19.1. The Kier molecular flexibility index (Phi) is 2.95. The van der Waals surface area contributed by atoms with Crippen molar-refractivity contribution in [2.24, 2.45) is 0 Å². The first-order chi connectivity index (χ1) is 8.14. The fraction of sp³-hybridized carbons (Fsp3) is 0.538. The van der Waals surface area contributed by atoms with Gasteiger partial charge in [-0.25, -0.2) is 4.39 Å². The van der Waals surface area contributed by atoms with Crippen molar-refractivity contribution in [1.82, 2.24) is 0 Å². The van der Waals surface area contributed by atoms with Crippen molar-refractivity contribution in [3.05, 3.63) is 23.5 Å². The van der Waals surface area contributed by atoms with E-state index in [-0.39, 0.29) is 5.69 Å². The zero-order valence-electron chi connectivity index (χ0n) is 11.5. The molecule has 2 N–H and O–H groups in total. The second kappa shape index (κ2) is 3.97. The number of rotatable bonds is 1. The van der Waals surface area contributed by atoms with Gasteiger partial charge in [0.15, 0.2) is 0 Å². The summed E-state index contributed by atoms with van der Waals surface area (Å²) in [7, 11) is -0.551. The van der Waals surface area contributed by atoms with Gasteiger partial charge in [-0.05, 0) is 57.8 Å². The van der Waals surface area contributed by atoms with E-state index < -0.39 is 24.1 Å². The van der Waals surface area contributed by atoms with Crippen molar-refractivity contribution in [2.75, 3.05) is 5.73 Å². The van der Waals surface area contributed by atoms with Gasteiger partial charge in [0.05, 0.1) is 16.9 Å². The standard InChI is InChI=1S/C13H19BFNO2/c1-8-6-11(16)10(15)7-9(8)14-17-12(2,3)13(4,5)18-14/h6-7H,16H2,1-5H3. The van der Waals surface area contributed by atoms with Gasteiger partial charge >= 0.3 is 7.12 Å². The zero-order valence-corrected chi connectivity index (χ0v) is 11.5. The fourth-order valence-corrected chi connectivity index (χ4v) is 1.94. The minimum absolute atomic E-state index is 0.146. The summed E-state index contributed by atoms with van der Waals surface area (Å²) in [6, 6.07) is 3.00. The Hall–Kier alpha value is -1.07. The molecule has 1 aromatic rings. The second-order valence-electron chi connectivity index (χ2n) is 5.82. The molecule has 5 heteroatoms. The molecule has 2 rings (SSSR count). The molecule has 1 fully saturated rings. The lowest BCUT2D eigenvalue weighted by atomic mass is 9.76. The summed E-state index contributed by atoms with van der Waals surface area (Å²) < 4.78 is 25.4. The number of nitrogens with two attached hydrogens (primary N) is 1. The topological polar surface area (TPSA) is 44.5 Å². The largest absolute Gasteiger partial charge is 0.495 e. The number of benzene rings is 1. The number of aryl methyl sites for hydroxylation is 1. The summed E-state index contributed by atoms with van der Waals surface area (Å²) in [5.41, 5.74) is 6.39. The van der Waals surface area contributed by atoms with Crippen LogP contribution in [0.5, 0.6) is 0 Å². The molecule has 98 valence electrons. The van der Waals surface area contributed by atoms with Crippen LogP contribution in [0, 0.1) is 12.7 Å². The lowest BCUT2D eigenvalue weighted by molar-refractivity contribution is 0.00578. The lowest BCUT2D eigenvalue weighted by Gasteiger charge is -2.32. The Morgan fingerprint density at radius 1 is 1.11 bits per heavy atom. The van der Waals surface area contributed by atoms with Crippen molar-refractivity contribution >= 4 is 18.3 Å². The van der Waals surface area contributed by atoms with Gasteiger partial charge in [-0.15, -0.1) is 0 Å². The van der Waals surface area contributed by atoms with Crippen LogP contribution in [-0.2, 0) is 9.31 Å². The van der Waals surface area contributed by atoms with Crippen LogP contribution in [0.25, 0.3) is 0 Å². The number of hydrogen-bond donors (Lipinski definition) is 1. The predicted octanol–water partition coefficient (Wildman–Crippen LogP) is 2.02. The van der Waals surface area contributed by atoms with Crippen LogP contribution in [-0.4, -0.2) is 18.3 Å². The molecule has 0 aromatic heterocycles. The van der Waals surface area contributed by atoms with Crippen molar-refractivity contribution in [1.29, 1.82) is 0 Å². The highest BCUT2D eigenvalue weighted by Gasteiger charge is 2.52. The van der Waals surface area contributed by atoms with Crippen molar-refractivity contribution in [3.63, 3.8) is 0 Å². The van der Waals surface area contributed by atoms with Gasteiger partial charge in [-0.1, -0.05) is 0 Å². The average molecular weight is 251 g/mol. The molecule has 18 heavy (non-hydrogen) atoms. The normalized spacial score (nSPS) is 21.3. The van der Waals surface area contributed by atoms with Gasteiger partial charge in [-0.3, -0.25) is 0 Å². The van der Waals surface area contributed by atoms with Crippen molar-refractivity contribution < 1.29 is 13.7 Å². The molecular formula is C13H19BFNO2. The number of nitrogen functional groups attached to an aromatic ring is 1. The van der Waals surface area contributed by atoms with E-state index in [0.29, 0.717) is 5.46 Å². The third-order valence-electron chi connectivity index (χ3n) is 3.89. The smallest absolute Gasteiger partial charge is 0.399 e. The van der Waals surface area contributed by atoms with Gasteiger partial charge in [0, 0.05) is 0 Å². The first-order valence-electron chi connectivity index (χ1n) is 6.05. The maximum Gasteiger partial charge on any atom is 0.495 e. The van der Waals surface area contributed by atoms with Crippen LogP contribution >= 0.6 is 0 Å². The first-order valence-corrected chi connectivity index (χ1v) is 6.05. The second-order valence-corrected chi connectivity index (χ2v) is 5.82. The van der Waals surface area contributed by atoms with Crippen LogP contribution < -0.4 is 11.2 Å². The number of anilines is 1. The SMILES string of the molecule is Cc1cc(N)c(F)cc1B1OC(C)(C)C(C)(C)O1. The Morgan fingerprint density at radius 2 is 1.61 bits per heavy atom. The molecule has 1 saturated heterocycles. The summed E-state index contributed by atoms with van der Waals surface area (Å²) in [6.07, 6.45) is 0. The molecule has 0 unspecified atom stereocenters. The summed E-state index contributed by atoms with van der Waals surface area (Å²) in [6.45, 7) is 9.74. The number of halogens is 1. The molecule has 0 amide bonds. The lowest BCUT2D eigenvalue weighted by Crippen LogP contribution is -2.41. The van der Waals surface area contributed by atoms with Crippen LogP contribution in [0.3, 0.4) is 0 Å². The van der Waals surface area contributed by atoms with E-state index in [4.69, 9.17) is 15.0 Å². The van der Waals surface area contributed by atoms with Crippen LogP contribution in [0.2, 0.25) is 0 Å². The Labute approximate surface area is 108 Å². The fourth-order valence-electron chi connectivity index (χ4n) is 1.94. The predicted molar refractivity (Wildman–Crippen MR) is 71.3 cm³/mol. The molecule has 1 heterocycles. The Balaban J connectivity index is 2.38. The molecule has 1 aliphatic rings. The Morgan fingerprint density at radius 3 is 2.11 bits per heavy atom. The summed E-state index contributed by atoms with van der Waals surface area (Å²) in [5.74, 6) is -0.440. The van der Waals surface area contributed by atoms with Gasteiger partial charge in [0.2, 0.25) is 0 Å². The minimum atomic E-state index is -0.551. The van der Waals surface area contributed by atoms with Crippen LogP contribution in [0.4, 0.5) is 10.1 Å². The zero-order chi connectivity index (χ0) is 13.7. The monoisotopic (exact) mass is 251 g/mol. The molecule has 0 aliphatic carbocycles. The highest BCUT2D eigenvalue weighted by molar-refractivity contribution is 6.62. The minimum Gasteiger partial charge on any atom is -0.399 e. The molecule has 1 aliphatic heterocycles. The third kappa shape index (κ3) is 2.02. The van der Waals surface area contributed by atoms with E-state index in [2.05, 4.69) is 0 Å². The van der Waals surface area contributed by atoms with E-state index in [1.807, 2.05) is 34.6 Å². The van der Waals surface area contributed by atoms with E-state index in [1.165, 1.54) is 6.07 Å². The quantitative estimate of drug-likeness (QED) is 0.613. The van der Waals surface area contributed by atoms with Gasteiger partial charge in [0.1, 0.15) is 5.82 Å². The molecule has 3 nitrogen and oxygen atoms in total. The van der Waals surface area contributed by atoms with Crippen molar-refractivity contribution in [2.45, 2.75) is 45.8 Å². The number of hydrogen-bond acceptors (Lipinski definition) is 3. The molecule has 0 spiro atoms. The van der Waals surface area contributed by atoms with Gasteiger partial charge in [0.25, 0.3) is 0 Å². The molecule has 0 radical (unpaired) electrons. The molecule has 0 saturated carbocycles.